The molecule has 0 fully saturated rings. The van der Waals surface area contributed by atoms with Crippen LogP contribution in [0.5, 0.6) is 23.0 Å². The number of nitrogens with one attached hydrogen (secondary N) is 3. The molecule has 10 heteroatoms. The van der Waals surface area contributed by atoms with Gasteiger partial charge in [0.25, 0.3) is 11.8 Å². The first-order valence-corrected chi connectivity index (χ1v) is 16.4. The summed E-state index contributed by atoms with van der Waals surface area (Å²) >= 11 is 1.37. The van der Waals surface area contributed by atoms with E-state index in [1.54, 1.807) is 78.9 Å². The number of phenols is 1. The molecule has 5 rings (SSSR count). The molecule has 0 saturated carbocycles. The number of hydrogen-bond donors (Lipinski definition) is 4. The van der Waals surface area contributed by atoms with Gasteiger partial charge in [0.1, 0.15) is 28.7 Å². The standard InChI is InChI=1S/C39H35N3O6S/c1-3-36(39(46)40-28-18-21-32(22-19-28)48-31-14-8-5-9-15-31)49-33-16-10-13-29(24-33)41-38(45)34(42-37(44)26-11-6-4-7-12-26)23-27-17-20-30(43)25-35(27)47-2/h4-25,36,43H,3H2,1-2H3,(H,40,46)(H,41,45)(H,42,44)/b34-23+. The maximum atomic E-state index is 13.6. The Bertz CT molecular complexity index is 1930. The van der Waals surface area contributed by atoms with Crippen molar-refractivity contribution >= 4 is 46.9 Å². The number of carbonyl (C=O) groups excluding carboxylic acids is 3. The van der Waals surface area contributed by atoms with Crippen LogP contribution in [0.3, 0.4) is 0 Å². The highest BCUT2D eigenvalue weighted by molar-refractivity contribution is 8.00. The van der Waals surface area contributed by atoms with Gasteiger partial charge in [0, 0.05) is 33.5 Å². The molecule has 0 aromatic heterocycles. The van der Waals surface area contributed by atoms with Gasteiger partial charge in [-0.05, 0) is 91.4 Å². The minimum atomic E-state index is -0.578. The SMILES string of the molecule is CCC(Sc1cccc(NC(=O)/C(=C\c2ccc(O)cc2OC)NC(=O)c2ccccc2)c1)C(=O)Nc1ccc(Oc2ccccc2)cc1. The Balaban J connectivity index is 1.27. The topological polar surface area (TPSA) is 126 Å². The molecule has 49 heavy (non-hydrogen) atoms. The van der Waals surface area contributed by atoms with Gasteiger partial charge in [0.2, 0.25) is 5.91 Å². The van der Waals surface area contributed by atoms with Crippen LogP contribution in [0, 0.1) is 0 Å². The zero-order valence-corrected chi connectivity index (χ0v) is 27.7. The van der Waals surface area contributed by atoms with E-state index in [9.17, 15) is 19.5 Å². The van der Waals surface area contributed by atoms with Crippen LogP contribution in [0.4, 0.5) is 11.4 Å². The summed E-state index contributed by atoms with van der Waals surface area (Å²) in [6.07, 6.45) is 2.04. The number of benzene rings is 5. The van der Waals surface area contributed by atoms with Crippen LogP contribution in [-0.4, -0.2) is 35.2 Å². The van der Waals surface area contributed by atoms with Gasteiger partial charge in [-0.2, -0.15) is 0 Å². The number of amides is 3. The minimum absolute atomic E-state index is 0.00644. The predicted molar refractivity (Wildman–Crippen MR) is 193 cm³/mol. The zero-order valence-electron chi connectivity index (χ0n) is 26.9. The van der Waals surface area contributed by atoms with Gasteiger partial charge in [-0.3, -0.25) is 14.4 Å². The molecule has 3 amide bonds. The highest BCUT2D eigenvalue weighted by Gasteiger charge is 2.20. The van der Waals surface area contributed by atoms with Crippen molar-refractivity contribution in [2.45, 2.75) is 23.5 Å². The Morgan fingerprint density at radius 3 is 2.16 bits per heavy atom. The molecule has 5 aromatic carbocycles. The second kappa shape index (κ2) is 16.7. The molecule has 0 heterocycles. The van der Waals surface area contributed by atoms with Crippen LogP contribution in [0.25, 0.3) is 6.08 Å². The van der Waals surface area contributed by atoms with Crippen molar-refractivity contribution < 1.29 is 29.0 Å². The Kier molecular flexibility index (Phi) is 11.7. The molecule has 0 radical (unpaired) electrons. The van der Waals surface area contributed by atoms with E-state index >= 15 is 0 Å². The Morgan fingerprint density at radius 1 is 0.776 bits per heavy atom. The number of phenolic OH excluding ortho intramolecular Hbond substituents is 1. The molecule has 9 nitrogen and oxygen atoms in total. The summed E-state index contributed by atoms with van der Waals surface area (Å²) in [5.41, 5.74) is 1.92. The van der Waals surface area contributed by atoms with Gasteiger partial charge in [-0.1, -0.05) is 49.4 Å². The third-order valence-electron chi connectivity index (χ3n) is 7.18. The first kappa shape index (κ1) is 34.3. The number of rotatable bonds is 13. The number of carbonyl (C=O) groups is 3. The summed E-state index contributed by atoms with van der Waals surface area (Å²) in [6, 6.07) is 36.7. The van der Waals surface area contributed by atoms with Crippen molar-refractivity contribution in [3.05, 3.63) is 144 Å². The molecule has 0 aliphatic rings. The van der Waals surface area contributed by atoms with Crippen LogP contribution in [0.2, 0.25) is 0 Å². The first-order valence-electron chi connectivity index (χ1n) is 15.5. The van der Waals surface area contributed by atoms with E-state index in [-0.39, 0.29) is 17.4 Å². The quantitative estimate of drug-likeness (QED) is 0.0735. The van der Waals surface area contributed by atoms with Crippen molar-refractivity contribution in [2.75, 3.05) is 17.7 Å². The van der Waals surface area contributed by atoms with E-state index in [4.69, 9.17) is 9.47 Å². The Labute approximate surface area is 289 Å². The maximum absolute atomic E-state index is 13.6. The number of aromatic hydroxyl groups is 1. The molecule has 0 aliphatic carbocycles. The zero-order chi connectivity index (χ0) is 34.6. The lowest BCUT2D eigenvalue weighted by Crippen LogP contribution is -2.30. The summed E-state index contributed by atoms with van der Waals surface area (Å²) in [5.74, 6) is 0.484. The van der Waals surface area contributed by atoms with E-state index in [1.165, 1.54) is 37.1 Å². The van der Waals surface area contributed by atoms with Crippen LogP contribution in [0.15, 0.2) is 138 Å². The summed E-state index contributed by atoms with van der Waals surface area (Å²) in [4.78, 5) is 40.7. The number of methoxy groups -OCH3 is 1. The lowest BCUT2D eigenvalue weighted by Gasteiger charge is -2.16. The van der Waals surface area contributed by atoms with Gasteiger partial charge in [-0.25, -0.2) is 0 Å². The molecular formula is C39H35N3O6S. The number of thioether (sulfide) groups is 1. The lowest BCUT2D eigenvalue weighted by atomic mass is 10.1. The van der Waals surface area contributed by atoms with Crippen molar-refractivity contribution in [3.8, 4) is 23.0 Å². The van der Waals surface area contributed by atoms with E-state index in [1.807, 2.05) is 43.3 Å². The largest absolute Gasteiger partial charge is 0.508 e. The fourth-order valence-electron chi connectivity index (χ4n) is 4.70. The molecule has 0 aliphatic heterocycles. The summed E-state index contributed by atoms with van der Waals surface area (Å²) in [5, 5.41) is 18.0. The fraction of sp³-hybridized carbons (Fsp3) is 0.103. The van der Waals surface area contributed by atoms with Crippen molar-refractivity contribution in [2.24, 2.45) is 0 Å². The van der Waals surface area contributed by atoms with Crippen molar-refractivity contribution in [1.82, 2.24) is 5.32 Å². The molecule has 248 valence electrons. The van der Waals surface area contributed by atoms with Gasteiger partial charge in [-0.15, -0.1) is 11.8 Å². The number of para-hydroxylation sites is 1. The molecule has 5 aromatic rings. The highest BCUT2D eigenvalue weighted by Crippen LogP contribution is 2.30. The van der Waals surface area contributed by atoms with E-state index in [0.717, 1.165) is 10.6 Å². The summed E-state index contributed by atoms with van der Waals surface area (Å²) < 4.78 is 11.2. The molecular weight excluding hydrogens is 639 g/mol. The van der Waals surface area contributed by atoms with Crippen LogP contribution >= 0.6 is 11.8 Å². The molecule has 1 unspecified atom stereocenters. The number of ether oxygens (including phenoxy) is 2. The smallest absolute Gasteiger partial charge is 0.272 e. The molecule has 0 saturated heterocycles. The molecule has 0 bridgehead atoms. The second-order valence-corrected chi connectivity index (χ2v) is 12.0. The minimum Gasteiger partial charge on any atom is -0.508 e. The normalized spacial score (nSPS) is 11.6. The Morgan fingerprint density at radius 2 is 1.47 bits per heavy atom. The first-order chi connectivity index (χ1) is 23.8. The average molecular weight is 674 g/mol. The number of anilines is 2. The molecule has 4 N–H and O–H groups in total. The third kappa shape index (κ3) is 9.75. The van der Waals surface area contributed by atoms with Crippen LogP contribution in [0.1, 0.15) is 29.3 Å². The lowest BCUT2D eigenvalue weighted by molar-refractivity contribution is -0.116. The Hall–Kier alpha value is -6.00. The maximum Gasteiger partial charge on any atom is 0.272 e. The van der Waals surface area contributed by atoms with Crippen molar-refractivity contribution in [1.29, 1.82) is 0 Å². The van der Waals surface area contributed by atoms with Crippen LogP contribution in [-0.2, 0) is 9.59 Å². The average Bonchev–Trinajstić information content (AvgIpc) is 3.12. The van der Waals surface area contributed by atoms with Gasteiger partial charge < -0.3 is 30.5 Å². The molecule has 1 atom stereocenters. The second-order valence-electron chi connectivity index (χ2n) is 10.7. The molecule has 0 spiro atoms. The van der Waals surface area contributed by atoms with E-state index in [0.29, 0.717) is 40.4 Å². The third-order valence-corrected chi connectivity index (χ3v) is 8.54. The van der Waals surface area contributed by atoms with Crippen LogP contribution < -0.4 is 25.4 Å². The van der Waals surface area contributed by atoms with E-state index < -0.39 is 17.1 Å². The fourth-order valence-corrected chi connectivity index (χ4v) is 5.72. The van der Waals surface area contributed by atoms with Gasteiger partial charge >= 0.3 is 0 Å². The van der Waals surface area contributed by atoms with Gasteiger partial charge in [0.05, 0.1) is 12.4 Å². The summed E-state index contributed by atoms with van der Waals surface area (Å²) in [6.45, 7) is 1.93. The predicted octanol–water partition coefficient (Wildman–Crippen LogP) is 8.11. The summed E-state index contributed by atoms with van der Waals surface area (Å²) in [7, 11) is 1.44. The number of hydrogen-bond acceptors (Lipinski definition) is 7. The highest BCUT2D eigenvalue weighted by atomic mass is 32.2. The van der Waals surface area contributed by atoms with E-state index in [2.05, 4.69) is 16.0 Å². The van der Waals surface area contributed by atoms with Gasteiger partial charge in [0.15, 0.2) is 0 Å². The monoisotopic (exact) mass is 673 g/mol. The van der Waals surface area contributed by atoms with Crippen molar-refractivity contribution in [3.63, 3.8) is 0 Å².